The summed E-state index contributed by atoms with van der Waals surface area (Å²) in [6, 6.07) is -5.87. The average molecular weight is 1020 g/mol. The molecule has 3 rings (SSSR count). The van der Waals surface area contributed by atoms with Crippen LogP contribution in [0, 0.1) is 11.8 Å². The Balaban J connectivity index is 1.78. The standard InChI is InChI=1S/C46H70N12O14/c1-7-23(4)37(56-41(67)31-21-58(45(71)24(5)47)33(43(69)55-31)18-26-10-12-27(59)13-11-26)44(70)52-28(14-15-34(48)60)39(65)53-30(19-35(49)61)40(66)51-25(6)46(72)57-16-8-9-32(57)42(68)54-29(17-22(2)3)38(64)50-20-36(62)63/h10-13,22-25,28-33,37,59H,7-9,14-21,47H2,1-6H3,(H2,48,60)(H2,49,61)(H,50,64)(H,51,66)(H,52,70)(H,53,65)(H,54,68)(H,55,69)(H,56,67)(H,62,63)/t23-,24-,25-,28-,29-,30-,31+,32-,33-,37-/m0/s1. The quantitative estimate of drug-likeness (QED) is 0.0419. The van der Waals surface area contributed by atoms with Crippen LogP contribution in [0.15, 0.2) is 24.3 Å². The Labute approximate surface area is 416 Å². The van der Waals surface area contributed by atoms with Gasteiger partial charge in [-0.3, -0.25) is 57.5 Å². The topological polar surface area (TPSA) is 414 Å². The van der Waals surface area contributed by atoms with Gasteiger partial charge in [0.1, 0.15) is 60.6 Å². The van der Waals surface area contributed by atoms with Gasteiger partial charge in [-0.1, -0.05) is 46.2 Å². The van der Waals surface area contributed by atoms with Gasteiger partial charge in [-0.2, -0.15) is 0 Å². The number of nitrogens with one attached hydrogen (secondary N) is 7. The summed E-state index contributed by atoms with van der Waals surface area (Å²) in [4.78, 5) is 160. The lowest BCUT2D eigenvalue weighted by molar-refractivity contribution is -0.148. The number of hydrogen-bond donors (Lipinski definition) is 12. The zero-order valence-electron chi connectivity index (χ0n) is 41.4. The summed E-state index contributed by atoms with van der Waals surface area (Å²) in [6.45, 7) is 8.69. The predicted molar refractivity (Wildman–Crippen MR) is 255 cm³/mol. The highest BCUT2D eigenvalue weighted by molar-refractivity contribution is 6.00. The van der Waals surface area contributed by atoms with Gasteiger partial charge in [-0.05, 0) is 69.1 Å². The van der Waals surface area contributed by atoms with Crippen molar-refractivity contribution in [2.75, 3.05) is 19.6 Å². The van der Waals surface area contributed by atoms with Crippen molar-refractivity contribution in [1.29, 1.82) is 0 Å². The van der Waals surface area contributed by atoms with Crippen molar-refractivity contribution in [3.05, 3.63) is 29.8 Å². The van der Waals surface area contributed by atoms with E-state index in [1.54, 1.807) is 39.8 Å². The molecule has 2 aliphatic heterocycles. The fourth-order valence-corrected chi connectivity index (χ4v) is 8.13. The lowest BCUT2D eigenvalue weighted by atomic mass is 9.96. The van der Waals surface area contributed by atoms with Gasteiger partial charge in [0, 0.05) is 19.4 Å². The first-order chi connectivity index (χ1) is 33.7. The SMILES string of the molecule is CC[C@H](C)[C@H](NC(=O)[C@H]1CN(C(=O)[C@H](C)N)[C@@H](Cc2ccc(O)cc2)C(=O)N1)C(=O)N[C@@H](CCC(N)=O)C(=O)N[C@@H](CC(N)=O)C(=O)N[C@@H](C)C(=O)N1CCC[C@H]1C(=O)N[C@@H](CC(C)C)C(=O)NCC(=O)O. The molecule has 0 aromatic heterocycles. The van der Waals surface area contributed by atoms with E-state index in [2.05, 4.69) is 37.2 Å². The molecular formula is C46H70N12O14. The third-order valence-corrected chi connectivity index (χ3v) is 12.2. The Morgan fingerprint density at radius 3 is 1.96 bits per heavy atom. The van der Waals surface area contributed by atoms with E-state index < -0.39 is 157 Å². The fourth-order valence-electron chi connectivity index (χ4n) is 8.13. The highest BCUT2D eigenvalue weighted by atomic mass is 16.4. The number of hydrogen-bond acceptors (Lipinski definition) is 14. The number of carbonyl (C=O) groups excluding carboxylic acids is 11. The van der Waals surface area contributed by atoms with Crippen LogP contribution in [0.1, 0.15) is 92.1 Å². The molecule has 11 amide bonds. The second-order valence-electron chi connectivity index (χ2n) is 18.6. The summed E-state index contributed by atoms with van der Waals surface area (Å²) in [5, 5.41) is 36.0. The lowest BCUT2D eigenvalue weighted by Crippen LogP contribution is -2.68. The van der Waals surface area contributed by atoms with Gasteiger partial charge < -0.3 is 74.4 Å². The molecule has 1 aromatic rings. The number of nitrogens with two attached hydrogens (primary N) is 3. The monoisotopic (exact) mass is 1010 g/mol. The summed E-state index contributed by atoms with van der Waals surface area (Å²) in [7, 11) is 0. The lowest BCUT2D eigenvalue weighted by Gasteiger charge is -2.40. The predicted octanol–water partition coefficient (Wildman–Crippen LogP) is -4.15. The molecule has 26 nitrogen and oxygen atoms in total. The maximum atomic E-state index is 14.1. The van der Waals surface area contributed by atoms with E-state index in [1.807, 2.05) is 0 Å². The summed E-state index contributed by atoms with van der Waals surface area (Å²) < 4.78 is 0. The summed E-state index contributed by atoms with van der Waals surface area (Å²) >= 11 is 0. The van der Waals surface area contributed by atoms with Gasteiger partial charge in [-0.15, -0.1) is 0 Å². The number of benzene rings is 1. The Kier molecular flexibility index (Phi) is 22.3. The van der Waals surface area contributed by atoms with E-state index in [-0.39, 0.29) is 44.0 Å². The molecule has 10 atom stereocenters. The van der Waals surface area contributed by atoms with Gasteiger partial charge >= 0.3 is 5.97 Å². The van der Waals surface area contributed by atoms with Gasteiger partial charge in [0.25, 0.3) is 0 Å². The third-order valence-electron chi connectivity index (χ3n) is 12.2. The number of rotatable bonds is 26. The van der Waals surface area contributed by atoms with Crippen molar-refractivity contribution in [3.63, 3.8) is 0 Å². The van der Waals surface area contributed by atoms with Crippen LogP contribution in [0.4, 0.5) is 0 Å². The van der Waals surface area contributed by atoms with Crippen LogP contribution < -0.4 is 54.4 Å². The van der Waals surface area contributed by atoms with Crippen LogP contribution in [0.5, 0.6) is 5.75 Å². The molecule has 2 heterocycles. The Morgan fingerprint density at radius 1 is 0.764 bits per heavy atom. The molecule has 2 fully saturated rings. The molecule has 0 aliphatic carbocycles. The molecule has 0 radical (unpaired) electrons. The summed E-state index contributed by atoms with van der Waals surface area (Å²) in [5.41, 5.74) is 17.3. The number of carboxylic acids is 1. The number of phenolic OH excluding ortho intramolecular Hbond substituents is 1. The van der Waals surface area contributed by atoms with Crippen molar-refractivity contribution in [2.45, 2.75) is 147 Å². The second-order valence-corrected chi connectivity index (χ2v) is 18.6. The highest BCUT2D eigenvalue weighted by Gasteiger charge is 2.43. The van der Waals surface area contributed by atoms with Crippen LogP contribution in [0.2, 0.25) is 0 Å². The van der Waals surface area contributed by atoms with E-state index in [4.69, 9.17) is 22.3 Å². The molecule has 1 aromatic carbocycles. The van der Waals surface area contributed by atoms with Crippen molar-refractivity contribution >= 4 is 70.9 Å². The van der Waals surface area contributed by atoms with E-state index in [1.165, 1.54) is 35.8 Å². The highest BCUT2D eigenvalue weighted by Crippen LogP contribution is 2.21. The molecular weight excluding hydrogens is 945 g/mol. The Hall–Kier alpha value is -7.38. The zero-order valence-corrected chi connectivity index (χ0v) is 41.4. The first-order valence-corrected chi connectivity index (χ1v) is 23.8. The van der Waals surface area contributed by atoms with Crippen LogP contribution >= 0.6 is 0 Å². The number of likely N-dealkylation sites (tertiary alicyclic amines) is 1. The minimum Gasteiger partial charge on any atom is -0.508 e. The molecule has 15 N–H and O–H groups in total. The van der Waals surface area contributed by atoms with Gasteiger partial charge in [0.2, 0.25) is 65.0 Å². The summed E-state index contributed by atoms with van der Waals surface area (Å²) in [5.74, 6) is -11.4. The van der Waals surface area contributed by atoms with Gasteiger partial charge in [-0.25, -0.2) is 0 Å². The number of amides is 11. The largest absolute Gasteiger partial charge is 0.508 e. The molecule has 0 unspecified atom stereocenters. The zero-order chi connectivity index (χ0) is 54.1. The van der Waals surface area contributed by atoms with Crippen molar-refractivity contribution < 1.29 is 67.7 Å². The first-order valence-electron chi connectivity index (χ1n) is 23.8. The van der Waals surface area contributed by atoms with E-state index >= 15 is 0 Å². The number of phenols is 1. The van der Waals surface area contributed by atoms with Crippen LogP contribution in [0.3, 0.4) is 0 Å². The fraction of sp³-hybridized carbons (Fsp3) is 0.609. The Bertz CT molecular complexity index is 2190. The molecule has 0 bridgehead atoms. The normalized spacial score (nSPS) is 19.4. The first kappa shape index (κ1) is 58.9. The number of carbonyl (C=O) groups is 12. The number of carboxylic acid groups (broad SMARTS) is 1. The number of piperazine rings is 1. The van der Waals surface area contributed by atoms with Crippen LogP contribution in [0.25, 0.3) is 0 Å². The van der Waals surface area contributed by atoms with Crippen molar-refractivity contribution in [1.82, 2.24) is 47.0 Å². The minimum atomic E-state index is -1.75. The minimum absolute atomic E-state index is 0.0126. The third kappa shape index (κ3) is 17.5. The number of primary amides is 2. The maximum Gasteiger partial charge on any atom is 0.322 e. The smallest absolute Gasteiger partial charge is 0.322 e. The van der Waals surface area contributed by atoms with E-state index in [0.29, 0.717) is 18.4 Å². The molecule has 2 aliphatic rings. The molecule has 0 saturated carbocycles. The van der Waals surface area contributed by atoms with Crippen LogP contribution in [-0.2, 0) is 64.0 Å². The second kappa shape index (κ2) is 27.3. The number of nitrogens with zero attached hydrogens (tertiary/aromatic N) is 2. The summed E-state index contributed by atoms with van der Waals surface area (Å²) in [6.07, 6.45) is -0.657. The van der Waals surface area contributed by atoms with Crippen molar-refractivity contribution in [2.24, 2.45) is 29.0 Å². The maximum absolute atomic E-state index is 14.1. The molecule has 398 valence electrons. The molecule has 2 saturated heterocycles. The van der Waals surface area contributed by atoms with Crippen LogP contribution in [-0.4, -0.2) is 165 Å². The van der Waals surface area contributed by atoms with E-state index in [9.17, 15) is 62.6 Å². The average Bonchev–Trinajstić information content (AvgIpc) is 3.81. The van der Waals surface area contributed by atoms with Gasteiger partial charge in [0.15, 0.2) is 0 Å². The van der Waals surface area contributed by atoms with Crippen molar-refractivity contribution in [3.8, 4) is 5.75 Å². The number of aromatic hydroxyl groups is 1. The Morgan fingerprint density at radius 2 is 1.39 bits per heavy atom. The van der Waals surface area contributed by atoms with E-state index in [0.717, 1.165) is 0 Å². The van der Waals surface area contributed by atoms with Gasteiger partial charge in [0.05, 0.1) is 19.0 Å². The molecule has 26 heteroatoms. The molecule has 0 spiro atoms. The molecule has 72 heavy (non-hydrogen) atoms. The number of aliphatic carboxylic acids is 1.